The molecular formula is C21H29N5O2S. The van der Waals surface area contributed by atoms with E-state index in [1.54, 1.807) is 29.1 Å². The van der Waals surface area contributed by atoms with Gasteiger partial charge >= 0.3 is 0 Å². The van der Waals surface area contributed by atoms with Crippen LogP contribution in [0.15, 0.2) is 35.7 Å². The summed E-state index contributed by atoms with van der Waals surface area (Å²) in [6.07, 6.45) is 1.70. The van der Waals surface area contributed by atoms with Gasteiger partial charge in [0.2, 0.25) is 5.88 Å². The Labute approximate surface area is 175 Å². The number of hydrogen-bond donors (Lipinski definition) is 1. The number of benzene rings is 1. The molecule has 1 aromatic carbocycles. The fourth-order valence-electron chi connectivity index (χ4n) is 3.60. The summed E-state index contributed by atoms with van der Waals surface area (Å²) in [4.78, 5) is 15.7. The van der Waals surface area contributed by atoms with E-state index in [1.165, 1.54) is 22.8 Å². The van der Waals surface area contributed by atoms with Crippen molar-refractivity contribution in [3.05, 3.63) is 41.4 Å². The van der Waals surface area contributed by atoms with Crippen molar-refractivity contribution < 1.29 is 9.53 Å². The van der Waals surface area contributed by atoms with E-state index >= 15 is 0 Å². The van der Waals surface area contributed by atoms with E-state index in [-0.39, 0.29) is 0 Å². The Kier molecular flexibility index (Phi) is 7.62. The molecule has 0 unspecified atom stereocenters. The average molecular weight is 416 g/mol. The van der Waals surface area contributed by atoms with Crippen LogP contribution in [-0.4, -0.2) is 67.3 Å². The number of nitrogens with two attached hydrogens (primary N) is 1. The highest BCUT2D eigenvalue weighted by atomic mass is 32.1. The molecule has 8 heteroatoms. The van der Waals surface area contributed by atoms with Crippen molar-refractivity contribution in [1.82, 2.24) is 14.7 Å². The molecule has 0 saturated carbocycles. The van der Waals surface area contributed by atoms with Crippen molar-refractivity contribution in [2.45, 2.75) is 6.42 Å². The second kappa shape index (κ2) is 10.4. The monoisotopic (exact) mass is 415 g/mol. The average Bonchev–Trinajstić information content (AvgIpc) is 3.39. The van der Waals surface area contributed by atoms with E-state index in [2.05, 4.69) is 50.3 Å². The highest BCUT2D eigenvalue weighted by molar-refractivity contribution is 7.17. The second-order valence-corrected chi connectivity index (χ2v) is 7.74. The van der Waals surface area contributed by atoms with Crippen LogP contribution in [0.5, 0.6) is 5.88 Å². The number of hydrogen-bond acceptors (Lipinski definition) is 7. The van der Waals surface area contributed by atoms with Gasteiger partial charge in [0, 0.05) is 61.6 Å². The normalized spacial score (nSPS) is 14.5. The van der Waals surface area contributed by atoms with Crippen LogP contribution in [0.25, 0.3) is 10.1 Å². The van der Waals surface area contributed by atoms with E-state index in [4.69, 9.17) is 4.74 Å². The smallest absolute Gasteiger partial charge is 0.212 e. The Balaban J connectivity index is 0.00000117. The first kappa shape index (κ1) is 21.3. The van der Waals surface area contributed by atoms with Crippen LogP contribution >= 0.6 is 11.3 Å². The standard InChI is InChI=1S/C20H24N4O2S.CH5N/c1-22-20(14-16(15-25)21-22)26-12-3-7-23-8-10-24(11-9-23)18-4-2-5-19-17(18)6-13-27-19;1-2/h2,4-6,13-15H,3,7-12H2,1H3;2H2,1H3. The largest absolute Gasteiger partial charge is 0.478 e. The molecule has 0 amide bonds. The number of ether oxygens (including phenoxy) is 1. The number of aromatic nitrogens is 2. The topological polar surface area (TPSA) is 76.6 Å². The van der Waals surface area contributed by atoms with Crippen molar-refractivity contribution >= 4 is 33.4 Å². The van der Waals surface area contributed by atoms with Gasteiger partial charge in [-0.2, -0.15) is 5.10 Å². The maximum absolute atomic E-state index is 10.8. The molecule has 156 valence electrons. The maximum Gasteiger partial charge on any atom is 0.212 e. The highest BCUT2D eigenvalue weighted by Crippen LogP contribution is 2.31. The predicted molar refractivity (Wildman–Crippen MR) is 119 cm³/mol. The molecule has 0 spiro atoms. The maximum atomic E-state index is 10.8. The molecule has 2 aromatic heterocycles. The first-order valence-electron chi connectivity index (χ1n) is 9.88. The number of nitrogens with zero attached hydrogens (tertiary/aromatic N) is 4. The zero-order valence-corrected chi connectivity index (χ0v) is 17.9. The van der Waals surface area contributed by atoms with Crippen LogP contribution in [0, 0.1) is 0 Å². The van der Waals surface area contributed by atoms with Gasteiger partial charge in [0.25, 0.3) is 0 Å². The molecule has 0 radical (unpaired) electrons. The lowest BCUT2D eigenvalue weighted by Gasteiger charge is -2.36. The fourth-order valence-corrected chi connectivity index (χ4v) is 4.40. The first-order valence-corrected chi connectivity index (χ1v) is 10.8. The molecule has 4 rings (SSSR count). The number of aryl methyl sites for hydroxylation is 1. The first-order chi connectivity index (χ1) is 14.2. The molecule has 0 bridgehead atoms. The van der Waals surface area contributed by atoms with Gasteiger partial charge in [-0.25, -0.2) is 4.68 Å². The van der Waals surface area contributed by atoms with E-state index in [0.717, 1.165) is 45.4 Å². The van der Waals surface area contributed by atoms with Gasteiger partial charge in [0.15, 0.2) is 6.29 Å². The molecule has 1 aliphatic rings. The molecule has 1 aliphatic heterocycles. The van der Waals surface area contributed by atoms with Gasteiger partial charge in [-0.15, -0.1) is 11.3 Å². The summed E-state index contributed by atoms with van der Waals surface area (Å²) in [6, 6.07) is 10.5. The van der Waals surface area contributed by atoms with Crippen LogP contribution in [-0.2, 0) is 7.05 Å². The summed E-state index contributed by atoms with van der Waals surface area (Å²) >= 11 is 1.81. The minimum Gasteiger partial charge on any atom is -0.478 e. The molecule has 3 aromatic rings. The van der Waals surface area contributed by atoms with Crippen LogP contribution in [0.2, 0.25) is 0 Å². The Morgan fingerprint density at radius 1 is 1.21 bits per heavy atom. The Bertz CT molecular complexity index is 915. The van der Waals surface area contributed by atoms with Crippen molar-refractivity contribution in [2.24, 2.45) is 12.8 Å². The highest BCUT2D eigenvalue weighted by Gasteiger charge is 2.18. The third kappa shape index (κ3) is 5.14. The van der Waals surface area contributed by atoms with Gasteiger partial charge in [-0.3, -0.25) is 9.69 Å². The minimum absolute atomic E-state index is 0.407. The number of anilines is 1. The van der Waals surface area contributed by atoms with E-state index < -0.39 is 0 Å². The number of carbonyl (C=O) groups is 1. The lowest BCUT2D eigenvalue weighted by atomic mass is 10.2. The number of carbonyl (C=O) groups excluding carboxylic acids is 1. The number of thiophene rings is 1. The van der Waals surface area contributed by atoms with Crippen LogP contribution in [0.1, 0.15) is 16.9 Å². The zero-order valence-electron chi connectivity index (χ0n) is 17.1. The van der Waals surface area contributed by atoms with E-state index in [1.807, 2.05) is 0 Å². The van der Waals surface area contributed by atoms with Crippen molar-refractivity contribution in [3.8, 4) is 5.88 Å². The minimum atomic E-state index is 0.407. The van der Waals surface area contributed by atoms with E-state index in [9.17, 15) is 4.79 Å². The number of rotatable bonds is 7. The summed E-state index contributed by atoms with van der Waals surface area (Å²) in [6.45, 7) is 5.91. The summed E-state index contributed by atoms with van der Waals surface area (Å²) in [7, 11) is 3.29. The summed E-state index contributed by atoms with van der Waals surface area (Å²) < 4.78 is 8.71. The lowest BCUT2D eigenvalue weighted by Crippen LogP contribution is -2.46. The Hall–Kier alpha value is -2.42. The van der Waals surface area contributed by atoms with Crippen LogP contribution in [0.4, 0.5) is 5.69 Å². The summed E-state index contributed by atoms with van der Waals surface area (Å²) in [5, 5.41) is 7.60. The summed E-state index contributed by atoms with van der Waals surface area (Å²) in [5.41, 5.74) is 6.27. The third-order valence-corrected chi connectivity index (χ3v) is 5.91. The molecule has 2 N–H and O–H groups in total. The van der Waals surface area contributed by atoms with Crippen LogP contribution in [0.3, 0.4) is 0 Å². The molecule has 1 saturated heterocycles. The molecule has 3 heterocycles. The molecule has 0 aliphatic carbocycles. The predicted octanol–water partition coefficient (Wildman–Crippen LogP) is 2.61. The van der Waals surface area contributed by atoms with Crippen molar-refractivity contribution in [1.29, 1.82) is 0 Å². The molecule has 1 fully saturated rings. The second-order valence-electron chi connectivity index (χ2n) is 6.79. The molecular weight excluding hydrogens is 386 g/mol. The van der Waals surface area contributed by atoms with Crippen LogP contribution < -0.4 is 15.4 Å². The van der Waals surface area contributed by atoms with Gasteiger partial charge in [-0.05, 0) is 37.0 Å². The van der Waals surface area contributed by atoms with E-state index in [0.29, 0.717) is 18.2 Å². The quantitative estimate of drug-likeness (QED) is 0.472. The van der Waals surface area contributed by atoms with Gasteiger partial charge in [0.05, 0.1) is 6.61 Å². The Morgan fingerprint density at radius 3 is 2.72 bits per heavy atom. The Morgan fingerprint density at radius 2 is 2.00 bits per heavy atom. The third-order valence-electron chi connectivity index (χ3n) is 5.03. The summed E-state index contributed by atoms with van der Waals surface area (Å²) in [5.74, 6) is 0.644. The number of fused-ring (bicyclic) bond motifs is 1. The van der Waals surface area contributed by atoms with Gasteiger partial charge in [0.1, 0.15) is 5.69 Å². The zero-order chi connectivity index (χ0) is 20.6. The molecule has 7 nitrogen and oxygen atoms in total. The fraction of sp³-hybridized carbons (Fsp3) is 0.429. The van der Waals surface area contributed by atoms with Crippen molar-refractivity contribution in [2.75, 3.05) is 51.3 Å². The molecule has 29 heavy (non-hydrogen) atoms. The SMILES string of the molecule is CN.Cn1nc(C=O)cc1OCCCN1CCN(c2cccc3sccc23)CC1. The number of aldehydes is 1. The van der Waals surface area contributed by atoms with Gasteiger partial charge in [-0.1, -0.05) is 6.07 Å². The van der Waals surface area contributed by atoms with Crippen molar-refractivity contribution in [3.63, 3.8) is 0 Å². The lowest BCUT2D eigenvalue weighted by molar-refractivity contribution is 0.111. The number of piperazine rings is 1. The van der Waals surface area contributed by atoms with Gasteiger partial charge < -0.3 is 15.4 Å². The molecule has 0 atom stereocenters.